The van der Waals surface area contributed by atoms with Crippen LogP contribution < -0.4 is 15.5 Å². The Morgan fingerprint density at radius 1 is 1.19 bits per heavy atom. The van der Waals surface area contributed by atoms with Gasteiger partial charge >= 0.3 is 0 Å². The lowest BCUT2D eigenvalue weighted by Gasteiger charge is -2.35. The summed E-state index contributed by atoms with van der Waals surface area (Å²) < 4.78 is 0. The Hall–Kier alpha value is -0.730. The zero-order valence-electron chi connectivity index (χ0n) is 16.5. The van der Waals surface area contributed by atoms with Crippen LogP contribution in [0.5, 0.6) is 0 Å². The number of hydrogen-bond donors (Lipinski definition) is 2. The van der Waals surface area contributed by atoms with Crippen molar-refractivity contribution < 1.29 is 0 Å². The number of piperazine rings is 1. The Balaban J connectivity index is 0.00000261. The lowest BCUT2D eigenvalue weighted by molar-refractivity contribution is 0.312. The molecular weight excluding hydrogens is 473 g/mol. The van der Waals surface area contributed by atoms with Crippen molar-refractivity contribution in [2.75, 3.05) is 44.7 Å². The molecule has 1 saturated carbocycles. The predicted molar refractivity (Wildman–Crippen MR) is 127 cm³/mol. The largest absolute Gasteiger partial charge is 0.369 e. The monoisotopic (exact) mass is 505 g/mol. The number of benzene rings is 1. The second kappa shape index (κ2) is 11.3. The summed E-state index contributed by atoms with van der Waals surface area (Å²) in [6, 6.07) is 6.75. The first-order valence-corrected chi connectivity index (χ1v) is 10.3. The molecule has 1 heterocycles. The molecule has 1 aromatic rings. The number of nitrogens with zero attached hydrogens (tertiary/aromatic N) is 3. The van der Waals surface area contributed by atoms with Gasteiger partial charge in [0.25, 0.3) is 0 Å². The topological polar surface area (TPSA) is 42.9 Å². The second-order valence-corrected chi connectivity index (χ2v) is 7.76. The van der Waals surface area contributed by atoms with Crippen molar-refractivity contribution >= 4 is 47.2 Å². The van der Waals surface area contributed by atoms with Crippen molar-refractivity contribution in [2.45, 2.75) is 45.2 Å². The van der Waals surface area contributed by atoms with Gasteiger partial charge in [0.2, 0.25) is 0 Å². The highest BCUT2D eigenvalue weighted by atomic mass is 127. The number of anilines is 1. The third-order valence-corrected chi connectivity index (χ3v) is 5.73. The van der Waals surface area contributed by atoms with E-state index in [1.807, 2.05) is 12.1 Å². The minimum atomic E-state index is 0. The van der Waals surface area contributed by atoms with Crippen molar-refractivity contribution in [1.82, 2.24) is 15.5 Å². The Morgan fingerprint density at radius 3 is 2.56 bits per heavy atom. The summed E-state index contributed by atoms with van der Waals surface area (Å²) in [5.74, 6) is 0.906. The summed E-state index contributed by atoms with van der Waals surface area (Å²) in [6.45, 7) is 7.82. The zero-order chi connectivity index (χ0) is 18.4. The number of rotatable bonds is 5. The smallest absolute Gasteiger partial charge is 0.191 e. The van der Waals surface area contributed by atoms with Crippen LogP contribution >= 0.6 is 35.6 Å². The summed E-state index contributed by atoms with van der Waals surface area (Å²) in [4.78, 5) is 9.66. The summed E-state index contributed by atoms with van der Waals surface area (Å²) in [5, 5.41) is 7.77. The molecule has 2 aliphatic rings. The fraction of sp³-hybridized carbons (Fsp3) is 0.650. The van der Waals surface area contributed by atoms with Crippen molar-refractivity contribution in [1.29, 1.82) is 0 Å². The SMILES string of the molecule is CCNC(=NCc1c(Cl)cccc1N1CCN(C)CC1)NC1CCCC1.I. The average molecular weight is 506 g/mol. The first kappa shape index (κ1) is 22.6. The first-order valence-electron chi connectivity index (χ1n) is 9.93. The van der Waals surface area contributed by atoms with Crippen LogP contribution in [-0.2, 0) is 6.54 Å². The highest BCUT2D eigenvalue weighted by molar-refractivity contribution is 14.0. The van der Waals surface area contributed by atoms with E-state index >= 15 is 0 Å². The molecule has 3 rings (SSSR count). The number of aliphatic imine (C=N–C) groups is 1. The van der Waals surface area contributed by atoms with Gasteiger partial charge in [0, 0.05) is 55.0 Å². The zero-order valence-corrected chi connectivity index (χ0v) is 19.6. The Kier molecular flexibility index (Phi) is 9.45. The summed E-state index contributed by atoms with van der Waals surface area (Å²) in [5.41, 5.74) is 2.36. The molecule has 1 aliphatic heterocycles. The molecule has 0 bridgehead atoms. The number of likely N-dealkylation sites (N-methyl/N-ethyl adjacent to an activating group) is 1. The average Bonchev–Trinajstić information content (AvgIpc) is 3.14. The summed E-state index contributed by atoms with van der Waals surface area (Å²) in [6.07, 6.45) is 5.11. The highest BCUT2D eigenvalue weighted by Gasteiger charge is 2.19. The van der Waals surface area contributed by atoms with E-state index in [0.29, 0.717) is 12.6 Å². The van der Waals surface area contributed by atoms with E-state index in [9.17, 15) is 0 Å². The molecular formula is C20H33ClIN5. The molecule has 0 radical (unpaired) electrons. The fourth-order valence-corrected chi connectivity index (χ4v) is 4.02. The third kappa shape index (κ3) is 6.39. The van der Waals surface area contributed by atoms with Crippen molar-refractivity contribution in [3.63, 3.8) is 0 Å². The van der Waals surface area contributed by atoms with Gasteiger partial charge in [-0.25, -0.2) is 4.99 Å². The molecule has 1 aromatic carbocycles. The molecule has 0 unspecified atom stereocenters. The molecule has 0 atom stereocenters. The second-order valence-electron chi connectivity index (χ2n) is 7.35. The molecule has 7 heteroatoms. The van der Waals surface area contributed by atoms with E-state index in [2.05, 4.69) is 40.5 Å². The van der Waals surface area contributed by atoms with Gasteiger partial charge in [0.05, 0.1) is 6.54 Å². The van der Waals surface area contributed by atoms with Gasteiger partial charge in [-0.15, -0.1) is 24.0 Å². The minimum absolute atomic E-state index is 0. The number of halogens is 2. The molecule has 5 nitrogen and oxygen atoms in total. The van der Waals surface area contributed by atoms with E-state index in [1.54, 1.807) is 0 Å². The van der Waals surface area contributed by atoms with Crippen LogP contribution in [0.15, 0.2) is 23.2 Å². The Labute approximate surface area is 185 Å². The fourth-order valence-electron chi connectivity index (χ4n) is 3.79. The van der Waals surface area contributed by atoms with E-state index < -0.39 is 0 Å². The molecule has 2 fully saturated rings. The summed E-state index contributed by atoms with van der Waals surface area (Å²) in [7, 11) is 2.18. The molecule has 152 valence electrons. The third-order valence-electron chi connectivity index (χ3n) is 5.37. The van der Waals surface area contributed by atoms with Gasteiger partial charge < -0.3 is 20.4 Å². The highest BCUT2D eigenvalue weighted by Crippen LogP contribution is 2.29. The van der Waals surface area contributed by atoms with Crippen LogP contribution in [-0.4, -0.2) is 56.7 Å². The van der Waals surface area contributed by atoms with E-state index in [4.69, 9.17) is 16.6 Å². The van der Waals surface area contributed by atoms with Crippen molar-refractivity contribution in [2.24, 2.45) is 4.99 Å². The molecule has 27 heavy (non-hydrogen) atoms. The maximum Gasteiger partial charge on any atom is 0.191 e. The van der Waals surface area contributed by atoms with Crippen LogP contribution in [0, 0.1) is 0 Å². The van der Waals surface area contributed by atoms with E-state index in [0.717, 1.165) is 49.3 Å². The molecule has 1 saturated heterocycles. The molecule has 0 amide bonds. The lowest BCUT2D eigenvalue weighted by atomic mass is 10.1. The predicted octanol–water partition coefficient (Wildman–Crippen LogP) is 3.71. The maximum absolute atomic E-state index is 6.56. The first-order chi connectivity index (χ1) is 12.7. The maximum atomic E-state index is 6.56. The number of guanidine groups is 1. The van der Waals surface area contributed by atoms with Gasteiger partial charge in [-0.3, -0.25) is 0 Å². The molecule has 2 N–H and O–H groups in total. The van der Waals surface area contributed by atoms with Gasteiger partial charge in [-0.1, -0.05) is 30.5 Å². The van der Waals surface area contributed by atoms with E-state index in [1.165, 1.54) is 31.4 Å². The molecule has 1 aliphatic carbocycles. The van der Waals surface area contributed by atoms with Crippen molar-refractivity contribution in [3.8, 4) is 0 Å². The van der Waals surface area contributed by atoms with Crippen LogP contribution in [0.3, 0.4) is 0 Å². The molecule has 0 spiro atoms. The Morgan fingerprint density at radius 2 is 1.89 bits per heavy atom. The van der Waals surface area contributed by atoms with Crippen LogP contribution in [0.25, 0.3) is 0 Å². The van der Waals surface area contributed by atoms with Crippen molar-refractivity contribution in [3.05, 3.63) is 28.8 Å². The van der Waals surface area contributed by atoms with Gasteiger partial charge in [0.15, 0.2) is 5.96 Å². The Bertz CT molecular complexity index is 610. The van der Waals surface area contributed by atoms with E-state index in [-0.39, 0.29) is 24.0 Å². The van der Waals surface area contributed by atoms with Gasteiger partial charge in [0.1, 0.15) is 0 Å². The van der Waals surface area contributed by atoms with Crippen LogP contribution in [0.2, 0.25) is 5.02 Å². The number of hydrogen-bond acceptors (Lipinski definition) is 3. The normalized spacial score (nSPS) is 19.1. The quantitative estimate of drug-likeness (QED) is 0.364. The van der Waals surface area contributed by atoms with Gasteiger partial charge in [-0.2, -0.15) is 0 Å². The minimum Gasteiger partial charge on any atom is -0.369 e. The van der Waals surface area contributed by atoms with Crippen LogP contribution in [0.4, 0.5) is 5.69 Å². The number of nitrogens with one attached hydrogen (secondary N) is 2. The summed E-state index contributed by atoms with van der Waals surface area (Å²) >= 11 is 6.56. The van der Waals surface area contributed by atoms with Gasteiger partial charge in [-0.05, 0) is 38.9 Å². The standard InChI is InChI=1S/C20H32ClN5.HI/c1-3-22-20(24-16-7-4-5-8-16)23-15-17-18(21)9-6-10-19(17)26-13-11-25(2)12-14-26;/h6,9-10,16H,3-5,7-8,11-15H2,1-2H3,(H2,22,23,24);1H. The van der Waals surface area contributed by atoms with Crippen LogP contribution in [0.1, 0.15) is 38.2 Å². The molecule has 0 aromatic heterocycles. The lowest BCUT2D eigenvalue weighted by Crippen LogP contribution is -2.45.